The molecule has 0 saturated heterocycles. The molecular formula is C17H26O4S2. The van der Waals surface area contributed by atoms with E-state index < -0.39 is 0 Å². The molecule has 0 N–H and O–H groups in total. The number of hydrogen-bond acceptors (Lipinski definition) is 6. The number of carbonyl (C=O) groups is 2. The summed E-state index contributed by atoms with van der Waals surface area (Å²) >= 11 is 8.42. The van der Waals surface area contributed by atoms with Gasteiger partial charge in [0.05, 0.1) is 12.8 Å². The summed E-state index contributed by atoms with van der Waals surface area (Å²) in [5.74, 6) is 0.0831. The Bertz CT molecular complexity index is 487. The molecule has 0 spiro atoms. The van der Waals surface area contributed by atoms with Gasteiger partial charge in [-0.2, -0.15) is 25.3 Å². The van der Waals surface area contributed by atoms with Gasteiger partial charge in [0.2, 0.25) is 0 Å². The van der Waals surface area contributed by atoms with E-state index in [1.807, 2.05) is 13.8 Å². The number of ether oxygens (including phenoxy) is 2. The molecule has 2 rings (SSSR count). The smallest absolute Gasteiger partial charge is 0.307 e. The molecule has 2 aliphatic carbocycles. The molecule has 1 saturated carbocycles. The van der Waals surface area contributed by atoms with Gasteiger partial charge in [-0.15, -0.1) is 0 Å². The zero-order chi connectivity index (χ0) is 17.0. The van der Waals surface area contributed by atoms with Crippen molar-refractivity contribution in [2.75, 3.05) is 13.2 Å². The summed E-state index contributed by atoms with van der Waals surface area (Å²) in [5, 5.41) is -0.00579. The van der Waals surface area contributed by atoms with Gasteiger partial charge in [0.15, 0.2) is 0 Å². The van der Waals surface area contributed by atoms with Crippen molar-refractivity contribution in [3.05, 3.63) is 11.6 Å². The number of allylic oxidation sites excluding steroid dienone is 1. The molecule has 1 fully saturated rings. The summed E-state index contributed by atoms with van der Waals surface area (Å²) in [6.07, 6.45) is 5.93. The average Bonchev–Trinajstić information content (AvgIpc) is 2.99. The average molecular weight is 359 g/mol. The summed E-state index contributed by atoms with van der Waals surface area (Å²) in [6.45, 7) is 4.42. The largest absolute Gasteiger partial charge is 0.465 e. The molecule has 2 aliphatic rings. The molecule has 4 atom stereocenters. The first-order chi connectivity index (χ1) is 10.8. The van der Waals surface area contributed by atoms with Gasteiger partial charge in [0.25, 0.3) is 0 Å². The van der Waals surface area contributed by atoms with Crippen molar-refractivity contribution >= 4 is 37.2 Å². The lowest BCUT2D eigenvalue weighted by Crippen LogP contribution is -2.29. The zero-order valence-corrected chi connectivity index (χ0v) is 15.6. The Morgan fingerprint density at radius 3 is 2.39 bits per heavy atom. The molecule has 2 bridgehead atoms. The summed E-state index contributed by atoms with van der Waals surface area (Å²) in [6, 6.07) is 0. The Kier molecular flexibility index (Phi) is 6.48. The van der Waals surface area contributed by atoms with Gasteiger partial charge in [-0.1, -0.05) is 19.9 Å². The Morgan fingerprint density at radius 1 is 1.22 bits per heavy atom. The van der Waals surface area contributed by atoms with Crippen LogP contribution >= 0.6 is 25.3 Å². The fraction of sp³-hybridized carbons (Fsp3) is 0.765. The predicted octanol–water partition coefficient (Wildman–Crippen LogP) is 3.22. The van der Waals surface area contributed by atoms with Crippen LogP contribution in [0.3, 0.4) is 0 Å². The van der Waals surface area contributed by atoms with Crippen molar-refractivity contribution < 1.29 is 19.1 Å². The highest BCUT2D eigenvalue weighted by atomic mass is 32.1. The molecule has 4 nitrogen and oxygen atoms in total. The molecule has 23 heavy (non-hydrogen) atoms. The second-order valence-corrected chi connectivity index (χ2v) is 8.67. The van der Waals surface area contributed by atoms with Crippen LogP contribution in [-0.2, 0) is 19.1 Å². The van der Waals surface area contributed by atoms with E-state index in [0.29, 0.717) is 32.0 Å². The fourth-order valence-corrected chi connectivity index (χ4v) is 3.76. The standard InChI is InChI=1S/C17H26O4S2/c1-11(22)5-15(18)20-9-14-7-13-3-4-17(14,8-13)10-21-16(19)6-12(2)23/h7,11-13,22-23H,3-6,8-10H2,1-2H3. The van der Waals surface area contributed by atoms with E-state index in [-0.39, 0.29) is 27.9 Å². The van der Waals surface area contributed by atoms with E-state index in [1.54, 1.807) is 0 Å². The fourth-order valence-electron chi connectivity index (χ4n) is 3.47. The van der Waals surface area contributed by atoms with E-state index in [2.05, 4.69) is 31.3 Å². The monoisotopic (exact) mass is 358 g/mol. The van der Waals surface area contributed by atoms with Crippen LogP contribution in [0, 0.1) is 11.3 Å². The van der Waals surface area contributed by atoms with Gasteiger partial charge in [0, 0.05) is 15.9 Å². The maximum absolute atomic E-state index is 11.8. The van der Waals surface area contributed by atoms with Gasteiger partial charge in [-0.3, -0.25) is 9.59 Å². The SMILES string of the molecule is CC(S)CC(=O)OCC1=CC2CCC1(COC(=O)CC(C)S)C2. The van der Waals surface area contributed by atoms with Gasteiger partial charge in [-0.25, -0.2) is 0 Å². The van der Waals surface area contributed by atoms with Gasteiger partial charge < -0.3 is 9.47 Å². The van der Waals surface area contributed by atoms with Crippen LogP contribution in [0.2, 0.25) is 0 Å². The second kappa shape index (κ2) is 7.97. The summed E-state index contributed by atoms with van der Waals surface area (Å²) in [7, 11) is 0. The quantitative estimate of drug-likeness (QED) is 0.397. The molecular weight excluding hydrogens is 332 g/mol. The highest BCUT2D eigenvalue weighted by Gasteiger charge is 2.47. The normalized spacial score (nSPS) is 28.2. The number of fused-ring (bicyclic) bond motifs is 2. The van der Waals surface area contributed by atoms with Crippen molar-refractivity contribution in [1.82, 2.24) is 0 Å². The van der Waals surface area contributed by atoms with Crippen molar-refractivity contribution in [2.24, 2.45) is 11.3 Å². The third-order valence-electron chi connectivity index (χ3n) is 4.59. The van der Waals surface area contributed by atoms with Gasteiger partial charge in [0.1, 0.15) is 13.2 Å². The predicted molar refractivity (Wildman–Crippen MR) is 95.9 cm³/mol. The number of esters is 2. The lowest BCUT2D eigenvalue weighted by molar-refractivity contribution is -0.147. The lowest BCUT2D eigenvalue weighted by atomic mass is 9.81. The minimum absolute atomic E-state index is 0.000838. The second-order valence-electron chi connectivity index (χ2n) is 6.90. The Balaban J connectivity index is 1.88. The highest BCUT2D eigenvalue weighted by Crippen LogP contribution is 2.54. The summed E-state index contributed by atoms with van der Waals surface area (Å²) in [5.41, 5.74) is 0.980. The Morgan fingerprint density at radius 2 is 1.83 bits per heavy atom. The number of carbonyl (C=O) groups excluding carboxylic acids is 2. The molecule has 0 aliphatic heterocycles. The van der Waals surface area contributed by atoms with Crippen LogP contribution in [0.5, 0.6) is 0 Å². The third kappa shape index (κ3) is 5.18. The Labute approximate surface area is 149 Å². The van der Waals surface area contributed by atoms with E-state index >= 15 is 0 Å². The van der Waals surface area contributed by atoms with Crippen LogP contribution in [0.25, 0.3) is 0 Å². The molecule has 0 amide bonds. The Hall–Kier alpha value is -0.620. The first-order valence-corrected chi connectivity index (χ1v) is 9.22. The minimum Gasteiger partial charge on any atom is -0.465 e. The maximum Gasteiger partial charge on any atom is 0.307 e. The number of thiol groups is 2. The first-order valence-electron chi connectivity index (χ1n) is 8.19. The van der Waals surface area contributed by atoms with Crippen LogP contribution in [0.4, 0.5) is 0 Å². The summed E-state index contributed by atoms with van der Waals surface area (Å²) < 4.78 is 10.9. The number of hydrogen-bond donors (Lipinski definition) is 2. The molecule has 0 radical (unpaired) electrons. The van der Waals surface area contributed by atoms with E-state index in [1.165, 1.54) is 0 Å². The van der Waals surface area contributed by atoms with Crippen LogP contribution in [-0.4, -0.2) is 35.7 Å². The molecule has 0 aromatic rings. The van der Waals surface area contributed by atoms with E-state index in [4.69, 9.17) is 9.47 Å². The molecule has 0 aromatic heterocycles. The van der Waals surface area contributed by atoms with Crippen LogP contribution in [0.1, 0.15) is 46.0 Å². The number of rotatable bonds is 8. The summed E-state index contributed by atoms with van der Waals surface area (Å²) in [4.78, 5) is 23.5. The van der Waals surface area contributed by atoms with Crippen molar-refractivity contribution in [1.29, 1.82) is 0 Å². The minimum atomic E-state index is -0.229. The first kappa shape index (κ1) is 18.7. The van der Waals surface area contributed by atoms with Crippen molar-refractivity contribution in [2.45, 2.75) is 56.5 Å². The van der Waals surface area contributed by atoms with E-state index in [0.717, 1.165) is 24.8 Å². The lowest BCUT2D eigenvalue weighted by Gasteiger charge is -2.29. The van der Waals surface area contributed by atoms with Crippen LogP contribution < -0.4 is 0 Å². The van der Waals surface area contributed by atoms with Crippen molar-refractivity contribution in [3.63, 3.8) is 0 Å². The van der Waals surface area contributed by atoms with Crippen LogP contribution in [0.15, 0.2) is 11.6 Å². The maximum atomic E-state index is 11.8. The van der Waals surface area contributed by atoms with E-state index in [9.17, 15) is 9.59 Å². The topological polar surface area (TPSA) is 52.6 Å². The zero-order valence-electron chi connectivity index (χ0n) is 13.8. The highest BCUT2D eigenvalue weighted by molar-refractivity contribution is 7.81. The van der Waals surface area contributed by atoms with Crippen molar-refractivity contribution in [3.8, 4) is 0 Å². The van der Waals surface area contributed by atoms with Gasteiger partial charge in [-0.05, 0) is 30.8 Å². The molecule has 0 aromatic carbocycles. The molecule has 4 unspecified atom stereocenters. The molecule has 130 valence electrons. The molecule has 0 heterocycles. The van der Waals surface area contributed by atoms with Gasteiger partial charge >= 0.3 is 11.9 Å². The third-order valence-corrected chi connectivity index (χ3v) is 4.95. The molecule has 6 heteroatoms.